The van der Waals surface area contributed by atoms with Crippen molar-refractivity contribution in [3.05, 3.63) is 71.9 Å². The number of rotatable bonds is 7. The minimum absolute atomic E-state index is 0.0489. The molecule has 1 unspecified atom stereocenters. The summed E-state index contributed by atoms with van der Waals surface area (Å²) < 4.78 is 5.35. The lowest BCUT2D eigenvalue weighted by molar-refractivity contribution is -0.120. The second-order valence-electron chi connectivity index (χ2n) is 8.03. The molecule has 1 atom stereocenters. The Labute approximate surface area is 178 Å². The van der Waals surface area contributed by atoms with Gasteiger partial charge in [-0.05, 0) is 43.5 Å². The van der Waals surface area contributed by atoms with Gasteiger partial charge >= 0.3 is 0 Å². The summed E-state index contributed by atoms with van der Waals surface area (Å²) in [5, 5.41) is 4.30. The summed E-state index contributed by atoms with van der Waals surface area (Å²) >= 11 is 0. The third kappa shape index (κ3) is 5.16. The van der Waals surface area contributed by atoms with E-state index in [-0.39, 0.29) is 5.91 Å². The molecule has 0 bridgehead atoms. The molecule has 0 aliphatic carbocycles. The van der Waals surface area contributed by atoms with Crippen LogP contribution in [0.5, 0.6) is 5.75 Å². The van der Waals surface area contributed by atoms with Crippen molar-refractivity contribution in [1.82, 2.24) is 15.2 Å². The lowest BCUT2D eigenvalue weighted by Gasteiger charge is -2.32. The van der Waals surface area contributed by atoms with Gasteiger partial charge in [0.05, 0.1) is 24.7 Å². The van der Waals surface area contributed by atoms with E-state index in [1.165, 1.54) is 5.39 Å². The molecule has 1 N–H and O–H groups in total. The summed E-state index contributed by atoms with van der Waals surface area (Å²) in [4.78, 5) is 19.7. The molecule has 5 heteroatoms. The molecule has 156 valence electrons. The molecule has 0 radical (unpaired) electrons. The first kappa shape index (κ1) is 20.4. The van der Waals surface area contributed by atoms with Crippen LogP contribution in [0.25, 0.3) is 10.9 Å². The van der Waals surface area contributed by atoms with E-state index in [1.807, 2.05) is 36.4 Å². The highest BCUT2D eigenvalue weighted by atomic mass is 16.5. The van der Waals surface area contributed by atoms with Crippen LogP contribution in [0.4, 0.5) is 0 Å². The number of carbonyl (C=O) groups is 1. The number of piperidine rings is 1. The molecule has 4 rings (SSSR count). The van der Waals surface area contributed by atoms with E-state index in [1.54, 1.807) is 7.11 Å². The molecule has 1 aliphatic rings. The van der Waals surface area contributed by atoms with E-state index in [2.05, 4.69) is 34.5 Å². The number of nitrogens with zero attached hydrogens (tertiary/aromatic N) is 2. The Morgan fingerprint density at radius 2 is 1.97 bits per heavy atom. The number of hydrogen-bond acceptors (Lipinski definition) is 4. The Hall–Kier alpha value is -2.92. The number of fused-ring (bicyclic) bond motifs is 1. The van der Waals surface area contributed by atoms with Crippen LogP contribution in [-0.4, -0.2) is 42.5 Å². The standard InChI is InChI=1S/C25H29N3O2/c1-30-24-11-5-3-9-21(24)15-25(29)26-16-19-7-6-14-28(17-19)18-22-13-12-20-8-2-4-10-23(20)27-22/h2-5,8-13,19H,6-7,14-18H2,1H3,(H,26,29). The van der Waals surface area contributed by atoms with Gasteiger partial charge in [-0.3, -0.25) is 14.7 Å². The fraction of sp³-hybridized carbons (Fsp3) is 0.360. The maximum atomic E-state index is 12.4. The lowest BCUT2D eigenvalue weighted by Crippen LogP contribution is -2.41. The van der Waals surface area contributed by atoms with Crippen molar-refractivity contribution < 1.29 is 9.53 Å². The summed E-state index contributed by atoms with van der Waals surface area (Å²) in [6.45, 7) is 3.65. The number of benzene rings is 2. The summed E-state index contributed by atoms with van der Waals surface area (Å²) in [6.07, 6.45) is 2.65. The number of nitrogens with one attached hydrogen (secondary N) is 1. The van der Waals surface area contributed by atoms with Crippen LogP contribution in [0.1, 0.15) is 24.1 Å². The first-order chi connectivity index (χ1) is 14.7. The quantitative estimate of drug-likeness (QED) is 0.652. The Bertz CT molecular complexity index is 1000. The van der Waals surface area contributed by atoms with Crippen LogP contribution in [-0.2, 0) is 17.8 Å². The SMILES string of the molecule is COc1ccccc1CC(=O)NCC1CCCN(Cc2ccc3ccccc3n2)C1. The topological polar surface area (TPSA) is 54.5 Å². The number of amides is 1. The fourth-order valence-electron chi connectivity index (χ4n) is 4.23. The third-order valence-corrected chi connectivity index (χ3v) is 5.78. The average Bonchev–Trinajstić information content (AvgIpc) is 2.78. The van der Waals surface area contributed by atoms with Gasteiger partial charge in [0.15, 0.2) is 0 Å². The van der Waals surface area contributed by atoms with Gasteiger partial charge in [0.1, 0.15) is 5.75 Å². The van der Waals surface area contributed by atoms with Gasteiger partial charge in [0, 0.05) is 30.6 Å². The normalized spacial score (nSPS) is 17.0. The predicted octanol–water partition coefficient (Wildman–Crippen LogP) is 3.81. The molecule has 30 heavy (non-hydrogen) atoms. The zero-order chi connectivity index (χ0) is 20.8. The number of aromatic nitrogens is 1. The van der Waals surface area contributed by atoms with Crippen molar-refractivity contribution in [2.24, 2.45) is 5.92 Å². The molecule has 2 heterocycles. The molecule has 3 aromatic rings. The monoisotopic (exact) mass is 403 g/mol. The van der Waals surface area contributed by atoms with E-state index in [9.17, 15) is 4.79 Å². The first-order valence-corrected chi connectivity index (χ1v) is 10.7. The number of carbonyl (C=O) groups excluding carboxylic acids is 1. The zero-order valence-corrected chi connectivity index (χ0v) is 17.5. The minimum atomic E-state index is 0.0489. The van der Waals surface area contributed by atoms with Crippen LogP contribution in [0.2, 0.25) is 0 Å². The van der Waals surface area contributed by atoms with E-state index in [0.717, 1.165) is 61.5 Å². The van der Waals surface area contributed by atoms with Gasteiger partial charge in [-0.2, -0.15) is 0 Å². The van der Waals surface area contributed by atoms with Crippen LogP contribution in [0.3, 0.4) is 0 Å². The number of likely N-dealkylation sites (tertiary alicyclic amines) is 1. The summed E-state index contributed by atoms with van der Waals surface area (Å²) in [5.74, 6) is 1.29. The van der Waals surface area contributed by atoms with E-state index < -0.39 is 0 Å². The van der Waals surface area contributed by atoms with Crippen molar-refractivity contribution >= 4 is 16.8 Å². The Morgan fingerprint density at radius 3 is 2.87 bits per heavy atom. The number of methoxy groups -OCH3 is 1. The Morgan fingerprint density at radius 1 is 1.13 bits per heavy atom. The second-order valence-corrected chi connectivity index (χ2v) is 8.03. The molecule has 0 saturated carbocycles. The van der Waals surface area contributed by atoms with Crippen molar-refractivity contribution in [2.75, 3.05) is 26.7 Å². The smallest absolute Gasteiger partial charge is 0.224 e. The van der Waals surface area contributed by atoms with Crippen molar-refractivity contribution in [3.8, 4) is 5.75 Å². The van der Waals surface area contributed by atoms with Crippen LogP contribution < -0.4 is 10.1 Å². The predicted molar refractivity (Wildman–Crippen MR) is 119 cm³/mol. The van der Waals surface area contributed by atoms with E-state index in [0.29, 0.717) is 12.3 Å². The van der Waals surface area contributed by atoms with Gasteiger partial charge < -0.3 is 10.1 Å². The van der Waals surface area contributed by atoms with Gasteiger partial charge in [0.25, 0.3) is 0 Å². The molecule has 1 saturated heterocycles. The van der Waals surface area contributed by atoms with Gasteiger partial charge in [-0.1, -0.05) is 42.5 Å². The average molecular weight is 404 g/mol. The maximum absolute atomic E-state index is 12.4. The fourth-order valence-corrected chi connectivity index (χ4v) is 4.23. The third-order valence-electron chi connectivity index (χ3n) is 5.78. The van der Waals surface area contributed by atoms with E-state index >= 15 is 0 Å². The summed E-state index contributed by atoms with van der Waals surface area (Å²) in [5.41, 5.74) is 3.08. The number of hydrogen-bond donors (Lipinski definition) is 1. The molecule has 1 aromatic heterocycles. The molecule has 0 spiro atoms. The minimum Gasteiger partial charge on any atom is -0.496 e. The molecule has 1 fully saturated rings. The van der Waals surface area contributed by atoms with Gasteiger partial charge in [0.2, 0.25) is 5.91 Å². The van der Waals surface area contributed by atoms with Crippen LogP contribution in [0.15, 0.2) is 60.7 Å². The molecule has 1 amide bonds. The summed E-state index contributed by atoms with van der Waals surface area (Å²) in [6, 6.07) is 20.2. The molecular formula is C25H29N3O2. The Balaban J connectivity index is 1.28. The summed E-state index contributed by atoms with van der Waals surface area (Å²) in [7, 11) is 1.64. The zero-order valence-electron chi connectivity index (χ0n) is 17.5. The highest BCUT2D eigenvalue weighted by molar-refractivity contribution is 5.79. The highest BCUT2D eigenvalue weighted by Crippen LogP contribution is 2.20. The number of ether oxygens (including phenoxy) is 1. The van der Waals surface area contributed by atoms with Crippen molar-refractivity contribution in [2.45, 2.75) is 25.8 Å². The molecule has 2 aromatic carbocycles. The lowest BCUT2D eigenvalue weighted by atomic mass is 9.97. The molecular weight excluding hydrogens is 374 g/mol. The van der Waals surface area contributed by atoms with Crippen LogP contribution >= 0.6 is 0 Å². The maximum Gasteiger partial charge on any atom is 0.224 e. The number of para-hydroxylation sites is 2. The van der Waals surface area contributed by atoms with Crippen molar-refractivity contribution in [1.29, 1.82) is 0 Å². The van der Waals surface area contributed by atoms with Gasteiger partial charge in [-0.25, -0.2) is 0 Å². The second kappa shape index (κ2) is 9.72. The number of pyridine rings is 1. The Kier molecular flexibility index (Phi) is 6.60. The van der Waals surface area contributed by atoms with E-state index in [4.69, 9.17) is 9.72 Å². The van der Waals surface area contributed by atoms with Gasteiger partial charge in [-0.15, -0.1) is 0 Å². The molecule has 5 nitrogen and oxygen atoms in total. The molecule has 1 aliphatic heterocycles. The highest BCUT2D eigenvalue weighted by Gasteiger charge is 2.21. The van der Waals surface area contributed by atoms with Crippen LogP contribution in [0, 0.1) is 5.92 Å². The first-order valence-electron chi connectivity index (χ1n) is 10.7. The largest absolute Gasteiger partial charge is 0.496 e. The van der Waals surface area contributed by atoms with Crippen molar-refractivity contribution in [3.63, 3.8) is 0 Å².